The second-order valence-corrected chi connectivity index (χ2v) is 8.93. The highest BCUT2D eigenvalue weighted by atomic mass is 32.2. The minimum Gasteiger partial charge on any atom is -0.392 e. The van der Waals surface area contributed by atoms with E-state index in [9.17, 15) is 15.0 Å². The molecule has 2 fully saturated rings. The smallest absolute Gasteiger partial charge is 0.232 e. The summed E-state index contributed by atoms with van der Waals surface area (Å²) >= 11 is 1.57. The number of thioether (sulfide) groups is 1. The zero-order valence-corrected chi connectivity index (χ0v) is 17.7. The molecule has 0 radical (unpaired) electrons. The first kappa shape index (κ1) is 22.1. The highest BCUT2D eigenvalue weighted by Crippen LogP contribution is 2.50. The summed E-state index contributed by atoms with van der Waals surface area (Å²) in [6.07, 6.45) is 6.53. The van der Waals surface area contributed by atoms with Gasteiger partial charge in [-0.15, -0.1) is 23.6 Å². The van der Waals surface area contributed by atoms with Crippen molar-refractivity contribution in [2.24, 2.45) is 23.7 Å². The summed E-state index contributed by atoms with van der Waals surface area (Å²) in [4.78, 5) is 13.3. The van der Waals surface area contributed by atoms with Gasteiger partial charge in [-0.3, -0.25) is 4.79 Å². The Morgan fingerprint density at radius 1 is 1.41 bits per heavy atom. The first-order valence-corrected chi connectivity index (χ1v) is 10.8. The van der Waals surface area contributed by atoms with E-state index in [0.717, 1.165) is 19.3 Å². The Labute approximate surface area is 168 Å². The number of carbonyl (C=O) groups excluding carboxylic acids is 1. The maximum absolute atomic E-state index is 11.7. The Morgan fingerprint density at radius 3 is 2.81 bits per heavy atom. The molecule has 1 amide bonds. The lowest BCUT2D eigenvalue weighted by Gasteiger charge is -2.19. The molecule has 0 heterocycles. The average Bonchev–Trinajstić information content (AvgIpc) is 3.13. The second-order valence-electron chi connectivity index (χ2n) is 8.07. The molecule has 0 aromatic rings. The van der Waals surface area contributed by atoms with Crippen molar-refractivity contribution in [3.63, 3.8) is 0 Å². The molecule has 0 aromatic heterocycles. The highest BCUT2D eigenvalue weighted by Gasteiger charge is 2.45. The summed E-state index contributed by atoms with van der Waals surface area (Å²) in [5.74, 6) is 7.62. The van der Waals surface area contributed by atoms with Gasteiger partial charge in [-0.05, 0) is 49.3 Å². The fourth-order valence-corrected chi connectivity index (χ4v) is 4.96. The first-order chi connectivity index (χ1) is 12.8. The van der Waals surface area contributed by atoms with E-state index in [1.807, 2.05) is 26.0 Å². The van der Waals surface area contributed by atoms with Gasteiger partial charge in [0.15, 0.2) is 0 Å². The monoisotopic (exact) mass is 391 g/mol. The van der Waals surface area contributed by atoms with Crippen LogP contribution < -0.4 is 0 Å². The van der Waals surface area contributed by atoms with Crippen molar-refractivity contribution in [3.8, 4) is 11.8 Å². The van der Waals surface area contributed by atoms with E-state index in [1.54, 1.807) is 30.8 Å². The van der Waals surface area contributed by atoms with E-state index in [2.05, 4.69) is 17.2 Å². The molecular formula is C22H33NO3S. The van der Waals surface area contributed by atoms with Crippen LogP contribution in [-0.2, 0) is 4.79 Å². The van der Waals surface area contributed by atoms with Gasteiger partial charge in [0.1, 0.15) is 0 Å². The Kier molecular flexibility index (Phi) is 8.47. The van der Waals surface area contributed by atoms with Gasteiger partial charge in [0.25, 0.3) is 0 Å². The van der Waals surface area contributed by atoms with Crippen LogP contribution in [0, 0.1) is 35.5 Å². The van der Waals surface area contributed by atoms with Crippen molar-refractivity contribution in [2.75, 3.05) is 19.8 Å². The van der Waals surface area contributed by atoms with Crippen LogP contribution >= 0.6 is 11.8 Å². The van der Waals surface area contributed by atoms with Crippen LogP contribution in [0.4, 0.5) is 0 Å². The zero-order chi connectivity index (χ0) is 20.0. The van der Waals surface area contributed by atoms with Gasteiger partial charge in [0.2, 0.25) is 5.91 Å². The highest BCUT2D eigenvalue weighted by molar-refractivity contribution is 8.02. The number of aliphatic hydroxyl groups is 2. The number of aliphatic hydroxyl groups excluding tert-OH is 2. The molecule has 0 aliphatic heterocycles. The molecule has 4 nitrogen and oxygen atoms in total. The maximum Gasteiger partial charge on any atom is 0.232 e. The number of rotatable bonds is 7. The third-order valence-corrected chi connectivity index (χ3v) is 6.69. The molecule has 150 valence electrons. The fourth-order valence-electron chi connectivity index (χ4n) is 4.04. The number of hydrogen-bond acceptors (Lipinski definition) is 4. The van der Waals surface area contributed by atoms with E-state index in [1.165, 1.54) is 5.57 Å². The number of nitrogens with zero attached hydrogens (tertiary/aromatic N) is 1. The molecule has 0 spiro atoms. The molecule has 2 N–H and O–H groups in total. The predicted molar refractivity (Wildman–Crippen MR) is 112 cm³/mol. The van der Waals surface area contributed by atoms with E-state index in [4.69, 9.17) is 0 Å². The minimum absolute atomic E-state index is 0.0905. The molecule has 2 rings (SSSR count). The van der Waals surface area contributed by atoms with Crippen molar-refractivity contribution in [1.29, 1.82) is 0 Å². The van der Waals surface area contributed by atoms with Crippen LogP contribution in [0.3, 0.4) is 0 Å². The SMILES string of the molecule is CC#CC[C@@H](C)[C@@H](O)/C=C/[C@@H]1[C@H]2CC(=CSCC(=O)N(C)C)C[C@H]2C[C@H]1O. The number of carbonyl (C=O) groups is 1. The van der Waals surface area contributed by atoms with Gasteiger partial charge in [-0.25, -0.2) is 0 Å². The summed E-state index contributed by atoms with van der Waals surface area (Å²) < 4.78 is 0. The van der Waals surface area contributed by atoms with Gasteiger partial charge in [0, 0.05) is 26.4 Å². The lowest BCUT2D eigenvalue weighted by atomic mass is 9.89. The molecular weight excluding hydrogens is 358 g/mol. The van der Waals surface area contributed by atoms with E-state index in [0.29, 0.717) is 24.0 Å². The van der Waals surface area contributed by atoms with Crippen LogP contribution in [0.2, 0.25) is 0 Å². The van der Waals surface area contributed by atoms with Crippen LogP contribution in [0.15, 0.2) is 23.1 Å². The largest absolute Gasteiger partial charge is 0.392 e. The molecule has 0 saturated heterocycles. The third-order valence-electron chi connectivity index (χ3n) is 5.78. The summed E-state index contributed by atoms with van der Waals surface area (Å²) in [7, 11) is 3.55. The fraction of sp³-hybridized carbons (Fsp3) is 0.682. The molecule has 2 saturated carbocycles. The summed E-state index contributed by atoms with van der Waals surface area (Å²) in [6.45, 7) is 3.81. The number of allylic oxidation sites excluding steroid dienone is 1. The minimum atomic E-state index is -0.527. The normalized spacial score (nSPS) is 30.8. The standard InChI is InChI=1S/C22H33NO3S/c1-5-6-7-15(2)20(24)9-8-18-19-11-16(10-17(19)12-21(18)25)13-27-14-22(26)23(3)4/h8-9,13,15,17-21,24-25H,7,10-12,14H2,1-4H3/b9-8+,16-13?/t15-,17+,18-,19+,20+,21-/m1/s1. The van der Waals surface area contributed by atoms with Gasteiger partial charge >= 0.3 is 0 Å². The van der Waals surface area contributed by atoms with Crippen molar-refractivity contribution in [3.05, 3.63) is 23.1 Å². The molecule has 2 aliphatic carbocycles. The number of fused-ring (bicyclic) bond motifs is 1. The third kappa shape index (κ3) is 6.14. The molecule has 0 bridgehead atoms. The van der Waals surface area contributed by atoms with Crippen molar-refractivity contribution >= 4 is 17.7 Å². The van der Waals surface area contributed by atoms with Crippen molar-refractivity contribution in [1.82, 2.24) is 4.90 Å². The molecule has 27 heavy (non-hydrogen) atoms. The topological polar surface area (TPSA) is 60.8 Å². The first-order valence-electron chi connectivity index (χ1n) is 9.77. The Balaban J connectivity index is 1.91. The average molecular weight is 392 g/mol. The van der Waals surface area contributed by atoms with E-state index >= 15 is 0 Å². The maximum atomic E-state index is 11.7. The lowest BCUT2D eigenvalue weighted by molar-refractivity contribution is -0.125. The lowest BCUT2D eigenvalue weighted by Crippen LogP contribution is -2.23. The molecule has 0 unspecified atom stereocenters. The number of amides is 1. The quantitative estimate of drug-likeness (QED) is 0.517. The summed E-state index contributed by atoms with van der Waals surface area (Å²) in [5, 5.41) is 22.9. The summed E-state index contributed by atoms with van der Waals surface area (Å²) in [6, 6.07) is 0. The zero-order valence-electron chi connectivity index (χ0n) is 16.9. The van der Waals surface area contributed by atoms with E-state index in [-0.39, 0.29) is 23.8 Å². The van der Waals surface area contributed by atoms with Gasteiger partial charge < -0.3 is 15.1 Å². The van der Waals surface area contributed by atoms with Crippen LogP contribution in [0.1, 0.15) is 39.5 Å². The Hall–Kier alpha value is -1.22. The molecule has 5 heteroatoms. The van der Waals surface area contributed by atoms with Crippen molar-refractivity contribution in [2.45, 2.75) is 51.7 Å². The molecule has 0 aromatic carbocycles. The summed E-state index contributed by atoms with van der Waals surface area (Å²) in [5.41, 5.74) is 1.39. The van der Waals surface area contributed by atoms with Crippen molar-refractivity contribution < 1.29 is 15.0 Å². The predicted octanol–water partition coefficient (Wildman–Crippen LogP) is 3.07. The molecule has 2 aliphatic rings. The number of hydrogen-bond donors (Lipinski definition) is 2. The molecule has 6 atom stereocenters. The van der Waals surface area contributed by atoms with Gasteiger partial charge in [-0.2, -0.15) is 0 Å². The Morgan fingerprint density at radius 2 is 2.15 bits per heavy atom. The Bertz CT molecular complexity index is 631. The second kappa shape index (κ2) is 10.4. The van der Waals surface area contributed by atoms with Crippen LogP contribution in [-0.4, -0.2) is 53.1 Å². The van der Waals surface area contributed by atoms with Crippen LogP contribution in [0.25, 0.3) is 0 Å². The van der Waals surface area contributed by atoms with Crippen LogP contribution in [0.5, 0.6) is 0 Å². The van der Waals surface area contributed by atoms with Gasteiger partial charge in [-0.1, -0.05) is 24.6 Å². The van der Waals surface area contributed by atoms with Gasteiger partial charge in [0.05, 0.1) is 18.0 Å². The van der Waals surface area contributed by atoms with E-state index < -0.39 is 6.10 Å².